The number of nitrogens with zero attached hydrogens (tertiary/aromatic N) is 2. The Labute approximate surface area is 303 Å². The van der Waals surface area contributed by atoms with Gasteiger partial charge in [0.25, 0.3) is 0 Å². The largest absolute Gasteiger partial charge is 0.308 e. The second-order valence-corrected chi connectivity index (χ2v) is 13.4. The van der Waals surface area contributed by atoms with Crippen LogP contribution in [-0.2, 0) is 0 Å². The van der Waals surface area contributed by atoms with Gasteiger partial charge < -0.3 is 9.47 Å². The molecule has 0 atom stereocenters. The monoisotopic (exact) mass is 662 g/mol. The summed E-state index contributed by atoms with van der Waals surface area (Å²) in [5.74, 6) is 0. The van der Waals surface area contributed by atoms with Gasteiger partial charge in [-0.15, -0.1) is 0 Å². The van der Waals surface area contributed by atoms with Crippen LogP contribution >= 0.6 is 0 Å². The first-order valence-corrected chi connectivity index (χ1v) is 17.9. The van der Waals surface area contributed by atoms with Crippen molar-refractivity contribution in [2.75, 3.05) is 4.90 Å². The van der Waals surface area contributed by atoms with E-state index in [1.54, 1.807) is 0 Å². The van der Waals surface area contributed by atoms with Crippen molar-refractivity contribution < 1.29 is 0 Å². The summed E-state index contributed by atoms with van der Waals surface area (Å²) in [7, 11) is 0. The van der Waals surface area contributed by atoms with E-state index in [2.05, 4.69) is 216 Å². The van der Waals surface area contributed by atoms with E-state index in [0.717, 1.165) is 22.7 Å². The summed E-state index contributed by atoms with van der Waals surface area (Å²) >= 11 is 0. The molecule has 0 N–H and O–H groups in total. The van der Waals surface area contributed by atoms with Gasteiger partial charge in [-0.2, -0.15) is 0 Å². The Kier molecular flexibility index (Phi) is 7.18. The van der Waals surface area contributed by atoms with Crippen molar-refractivity contribution >= 4 is 60.4 Å². The van der Waals surface area contributed by atoms with Crippen molar-refractivity contribution in [1.29, 1.82) is 0 Å². The summed E-state index contributed by atoms with van der Waals surface area (Å²) in [6.45, 7) is 0. The Morgan fingerprint density at radius 1 is 0.346 bits per heavy atom. The highest BCUT2D eigenvalue weighted by Crippen LogP contribution is 2.45. The summed E-state index contributed by atoms with van der Waals surface area (Å²) in [5, 5.41) is 7.52. The molecule has 1 heterocycles. The molecule has 2 heteroatoms. The molecule has 0 spiro atoms. The lowest BCUT2D eigenvalue weighted by Gasteiger charge is -2.28. The molecule has 52 heavy (non-hydrogen) atoms. The van der Waals surface area contributed by atoms with Crippen molar-refractivity contribution in [2.45, 2.75) is 0 Å². The SMILES string of the molecule is c1ccc(-c2ccc(N(c3ccccc3)c3ccccc3-n3c4ccccc4c4c5c(-c6ccc7ccccc7c6)cccc5ccc43)cc2)cc1. The van der Waals surface area contributed by atoms with Gasteiger partial charge in [-0.05, 0) is 98.4 Å². The maximum atomic E-state index is 2.46. The van der Waals surface area contributed by atoms with Gasteiger partial charge in [-0.25, -0.2) is 0 Å². The fourth-order valence-corrected chi connectivity index (χ4v) is 7.97. The average Bonchev–Trinajstić information content (AvgIpc) is 3.56. The van der Waals surface area contributed by atoms with Gasteiger partial charge in [-0.1, -0.05) is 152 Å². The highest BCUT2D eigenvalue weighted by molar-refractivity contribution is 6.25. The van der Waals surface area contributed by atoms with Crippen LogP contribution in [0.3, 0.4) is 0 Å². The molecule has 0 bridgehead atoms. The van der Waals surface area contributed by atoms with Crippen molar-refractivity contribution in [3.63, 3.8) is 0 Å². The number of hydrogen-bond donors (Lipinski definition) is 0. The van der Waals surface area contributed by atoms with Gasteiger partial charge in [0.1, 0.15) is 0 Å². The zero-order chi connectivity index (χ0) is 34.4. The van der Waals surface area contributed by atoms with E-state index in [1.165, 1.54) is 65.6 Å². The molecule has 0 fully saturated rings. The molecule has 0 unspecified atom stereocenters. The lowest BCUT2D eigenvalue weighted by Crippen LogP contribution is -2.13. The molecule has 0 amide bonds. The zero-order valence-corrected chi connectivity index (χ0v) is 28.5. The standard InChI is InChI=1S/C50H34N2/c1-3-14-35(15-4-1)37-28-31-42(32-29-37)51(41-19-5-2-6-20-41)46-24-11-12-25-47(46)52-45-23-10-9-21-44(45)50-48(52)33-30-38-18-13-22-43(49(38)50)40-27-26-36-16-7-8-17-39(36)34-40/h1-34H. The number of fused-ring (bicyclic) bond motifs is 6. The minimum Gasteiger partial charge on any atom is -0.308 e. The predicted molar refractivity (Wildman–Crippen MR) is 221 cm³/mol. The fourth-order valence-electron chi connectivity index (χ4n) is 7.97. The smallest absolute Gasteiger partial charge is 0.0702 e. The van der Waals surface area contributed by atoms with Crippen molar-refractivity contribution in [3.05, 3.63) is 206 Å². The molecule has 10 aromatic rings. The van der Waals surface area contributed by atoms with Crippen LogP contribution < -0.4 is 4.90 Å². The summed E-state index contributed by atoms with van der Waals surface area (Å²) in [4.78, 5) is 2.38. The van der Waals surface area contributed by atoms with E-state index in [-0.39, 0.29) is 0 Å². The molecule has 0 aliphatic carbocycles. The fraction of sp³-hybridized carbons (Fsp3) is 0. The third-order valence-corrected chi connectivity index (χ3v) is 10.3. The van der Waals surface area contributed by atoms with E-state index < -0.39 is 0 Å². The molecule has 0 radical (unpaired) electrons. The molecule has 9 aromatic carbocycles. The highest BCUT2D eigenvalue weighted by atomic mass is 15.2. The second kappa shape index (κ2) is 12.5. The molecule has 0 aliphatic rings. The molecule has 244 valence electrons. The lowest BCUT2D eigenvalue weighted by molar-refractivity contribution is 1.15. The van der Waals surface area contributed by atoms with Gasteiger partial charge in [-0.3, -0.25) is 0 Å². The summed E-state index contributed by atoms with van der Waals surface area (Å²) in [6.07, 6.45) is 0. The highest BCUT2D eigenvalue weighted by Gasteiger charge is 2.22. The number of rotatable bonds is 6. The molecule has 0 saturated heterocycles. The van der Waals surface area contributed by atoms with Gasteiger partial charge in [0.2, 0.25) is 0 Å². The van der Waals surface area contributed by atoms with Crippen molar-refractivity contribution in [1.82, 2.24) is 4.57 Å². The molecule has 0 aliphatic heterocycles. The lowest BCUT2D eigenvalue weighted by atomic mass is 9.93. The predicted octanol–water partition coefficient (Wildman–Crippen LogP) is 13.9. The maximum absolute atomic E-state index is 2.46. The number of anilines is 3. The molecule has 2 nitrogen and oxygen atoms in total. The van der Waals surface area contributed by atoms with Crippen LogP contribution in [0.2, 0.25) is 0 Å². The second-order valence-electron chi connectivity index (χ2n) is 13.4. The Hall–Kier alpha value is -6.90. The molecule has 1 aromatic heterocycles. The average molecular weight is 663 g/mol. The van der Waals surface area contributed by atoms with E-state index in [0.29, 0.717) is 0 Å². The Morgan fingerprint density at radius 2 is 0.962 bits per heavy atom. The van der Waals surface area contributed by atoms with Crippen LogP contribution in [0.1, 0.15) is 0 Å². The van der Waals surface area contributed by atoms with Crippen molar-refractivity contribution in [3.8, 4) is 27.9 Å². The van der Waals surface area contributed by atoms with Gasteiger partial charge >= 0.3 is 0 Å². The molecular formula is C50H34N2. The topological polar surface area (TPSA) is 8.17 Å². The van der Waals surface area contributed by atoms with Gasteiger partial charge in [0.15, 0.2) is 0 Å². The number of hydrogen-bond acceptors (Lipinski definition) is 1. The van der Waals surface area contributed by atoms with Crippen LogP contribution in [0.15, 0.2) is 206 Å². The number of para-hydroxylation sites is 4. The Balaban J connectivity index is 1.22. The zero-order valence-electron chi connectivity index (χ0n) is 28.5. The summed E-state index contributed by atoms with van der Waals surface area (Å²) in [6, 6.07) is 74.6. The van der Waals surface area contributed by atoms with Crippen LogP contribution in [0.5, 0.6) is 0 Å². The number of benzene rings is 9. The van der Waals surface area contributed by atoms with E-state index in [1.807, 2.05) is 0 Å². The van der Waals surface area contributed by atoms with Gasteiger partial charge in [0, 0.05) is 22.1 Å². The molecule has 10 rings (SSSR count). The van der Waals surface area contributed by atoms with Crippen LogP contribution in [0.4, 0.5) is 17.1 Å². The van der Waals surface area contributed by atoms with Gasteiger partial charge in [0.05, 0.1) is 22.4 Å². The first kappa shape index (κ1) is 30.0. The molecule has 0 saturated carbocycles. The van der Waals surface area contributed by atoms with Crippen LogP contribution in [0, 0.1) is 0 Å². The maximum Gasteiger partial charge on any atom is 0.0702 e. The third kappa shape index (κ3) is 4.96. The van der Waals surface area contributed by atoms with E-state index in [4.69, 9.17) is 0 Å². The van der Waals surface area contributed by atoms with E-state index >= 15 is 0 Å². The summed E-state index contributed by atoms with van der Waals surface area (Å²) in [5.41, 5.74) is 11.7. The minimum absolute atomic E-state index is 1.10. The number of aromatic nitrogens is 1. The Morgan fingerprint density at radius 3 is 1.81 bits per heavy atom. The normalized spacial score (nSPS) is 11.5. The van der Waals surface area contributed by atoms with E-state index in [9.17, 15) is 0 Å². The first-order chi connectivity index (χ1) is 25.8. The quantitative estimate of drug-likeness (QED) is 0.172. The van der Waals surface area contributed by atoms with Crippen LogP contribution in [0.25, 0.3) is 71.3 Å². The first-order valence-electron chi connectivity index (χ1n) is 17.9. The molecular weight excluding hydrogens is 629 g/mol. The van der Waals surface area contributed by atoms with Crippen LogP contribution in [-0.4, -0.2) is 4.57 Å². The minimum atomic E-state index is 1.10. The van der Waals surface area contributed by atoms with Crippen molar-refractivity contribution in [2.24, 2.45) is 0 Å². The third-order valence-electron chi connectivity index (χ3n) is 10.3. The summed E-state index contributed by atoms with van der Waals surface area (Å²) < 4.78 is 2.46. The Bertz CT molecular complexity index is 2890.